The number of hydrogen-bond acceptors (Lipinski definition) is 1. The summed E-state index contributed by atoms with van der Waals surface area (Å²) >= 11 is 0. The third kappa shape index (κ3) is 49.4. The topological polar surface area (TPSA) is 57.5 Å². The summed E-state index contributed by atoms with van der Waals surface area (Å²) in [5.74, 6) is 0. The van der Waals surface area contributed by atoms with E-state index < -0.39 is 6.16 Å². The molecule has 0 saturated heterocycles. The van der Waals surface area contributed by atoms with Gasteiger partial charge in [0.05, 0.1) is 0 Å². The molecular weight excluding hydrogens is 106 g/mol. The van der Waals surface area contributed by atoms with E-state index in [0.29, 0.717) is 0 Å². The first-order chi connectivity index (χ1) is 1.73. The van der Waals surface area contributed by atoms with Gasteiger partial charge in [-0.15, -0.1) is 0 Å². The maximum absolute atomic E-state index is 8.56. The van der Waals surface area contributed by atoms with E-state index in [1.165, 1.54) is 0 Å². The predicted octanol–water partition coefficient (Wildman–Crippen LogP) is -5.54. The fourth-order valence-electron chi connectivity index (χ4n) is 0. The van der Waals surface area contributed by atoms with Gasteiger partial charge < -0.3 is 13.1 Å². The molecule has 0 aromatic heterocycles. The van der Waals surface area contributed by atoms with E-state index in [1.807, 2.05) is 0 Å². The molecule has 0 saturated carbocycles. The molecule has 6 heavy (non-hydrogen) atoms. The van der Waals surface area contributed by atoms with Crippen molar-refractivity contribution in [2.45, 2.75) is 0 Å². The second-order valence-electron chi connectivity index (χ2n) is 0.283. The molecule has 0 aromatic carbocycles. The molecule has 0 radical (unpaired) electrons. The molecule has 0 fully saturated rings. The molecule has 0 heterocycles. The smallest absolute Gasteiger partial charge is 1.00 e. The van der Waals surface area contributed by atoms with Gasteiger partial charge in [0, 0.05) is 0 Å². The molecule has 0 bridgehead atoms. The van der Waals surface area contributed by atoms with Gasteiger partial charge >= 0.3 is 76.4 Å². The van der Waals surface area contributed by atoms with Crippen LogP contribution in [0.2, 0.25) is 0 Å². The molecule has 0 atom stereocenters. The van der Waals surface area contributed by atoms with Gasteiger partial charge in [0.25, 0.3) is 0 Å². The number of carbonyl (C=O) groups is 1. The summed E-state index contributed by atoms with van der Waals surface area (Å²) < 4.78 is 0. The Hall–Kier alpha value is 1.50. The maximum atomic E-state index is 8.56. The van der Waals surface area contributed by atoms with E-state index in [4.69, 9.17) is 15.0 Å². The van der Waals surface area contributed by atoms with Crippen LogP contribution in [0, 0.1) is 0 Å². The average molecular weight is 110 g/mol. The van der Waals surface area contributed by atoms with Crippen molar-refractivity contribution in [3.63, 3.8) is 0 Å². The standard InChI is InChI=1S/CH2O3.K.Li.2H/c2-1(3)4;;;;/h(H2,2,3,4);;;;/q;2*+1;2*-1. The van der Waals surface area contributed by atoms with E-state index in [9.17, 15) is 0 Å². The second kappa shape index (κ2) is 9.71. The Balaban J connectivity index is -0.00000000750. The van der Waals surface area contributed by atoms with Gasteiger partial charge in [0.2, 0.25) is 0 Å². The van der Waals surface area contributed by atoms with Gasteiger partial charge in [0.1, 0.15) is 0 Å². The Labute approximate surface area is 92.7 Å². The van der Waals surface area contributed by atoms with Gasteiger partial charge in [-0.2, -0.15) is 0 Å². The summed E-state index contributed by atoms with van der Waals surface area (Å²) in [5, 5.41) is 13.9. The predicted molar refractivity (Wildman–Crippen MR) is 12.9 cm³/mol. The maximum Gasteiger partial charge on any atom is 1.00 e. The van der Waals surface area contributed by atoms with Crippen molar-refractivity contribution in [3.05, 3.63) is 0 Å². The molecule has 0 amide bonds. The first-order valence-corrected chi connectivity index (χ1v) is 0.651. The van der Waals surface area contributed by atoms with E-state index >= 15 is 0 Å². The molecule has 0 rings (SSSR count). The molecular formula is CH4KLiO3. The zero-order valence-corrected chi connectivity index (χ0v) is 6.93. The molecule has 28 valence electrons. The Morgan fingerprint density at radius 2 is 1.50 bits per heavy atom. The van der Waals surface area contributed by atoms with Gasteiger partial charge in [-0.05, 0) is 0 Å². The largest absolute Gasteiger partial charge is 1.00 e. The van der Waals surface area contributed by atoms with Crippen LogP contribution in [0.3, 0.4) is 0 Å². The van der Waals surface area contributed by atoms with E-state index in [1.54, 1.807) is 0 Å². The van der Waals surface area contributed by atoms with Crippen LogP contribution in [-0.4, -0.2) is 16.4 Å². The molecule has 0 unspecified atom stereocenters. The first kappa shape index (κ1) is 15.6. The monoisotopic (exact) mass is 110 g/mol. The molecule has 0 spiro atoms. The fraction of sp³-hybridized carbons (Fsp3) is 0. The molecule has 0 aliphatic carbocycles. The van der Waals surface area contributed by atoms with Crippen LogP contribution in [0.1, 0.15) is 2.85 Å². The van der Waals surface area contributed by atoms with Crippen molar-refractivity contribution in [2.24, 2.45) is 0 Å². The summed E-state index contributed by atoms with van der Waals surface area (Å²) in [5.41, 5.74) is 0. The zero-order valence-electron chi connectivity index (χ0n) is 5.80. The number of rotatable bonds is 0. The number of hydrogen-bond donors (Lipinski definition) is 2. The van der Waals surface area contributed by atoms with Crippen LogP contribution < -0.4 is 70.2 Å². The van der Waals surface area contributed by atoms with Gasteiger partial charge in [-0.25, -0.2) is 4.79 Å². The molecule has 2 N–H and O–H groups in total. The zero-order chi connectivity index (χ0) is 3.58. The second-order valence-corrected chi connectivity index (χ2v) is 0.283. The van der Waals surface area contributed by atoms with Crippen LogP contribution in [0.5, 0.6) is 0 Å². The minimum absolute atomic E-state index is 0. The average Bonchev–Trinajstić information content (AvgIpc) is 0.811. The first-order valence-electron chi connectivity index (χ1n) is 0.651. The minimum Gasteiger partial charge on any atom is -1.00 e. The van der Waals surface area contributed by atoms with Gasteiger partial charge in [0.15, 0.2) is 0 Å². The summed E-state index contributed by atoms with van der Waals surface area (Å²) in [4.78, 5) is 8.56. The van der Waals surface area contributed by atoms with Crippen molar-refractivity contribution >= 4 is 6.16 Å². The van der Waals surface area contributed by atoms with Crippen LogP contribution in [0.4, 0.5) is 4.79 Å². The number of carboxylic acid groups (broad SMARTS) is 2. The summed E-state index contributed by atoms with van der Waals surface area (Å²) in [6.07, 6.45) is -1.83. The third-order valence-electron chi connectivity index (χ3n) is 0. The Morgan fingerprint density at radius 3 is 1.50 bits per heavy atom. The third-order valence-corrected chi connectivity index (χ3v) is 0. The van der Waals surface area contributed by atoms with Crippen molar-refractivity contribution in [1.29, 1.82) is 0 Å². The summed E-state index contributed by atoms with van der Waals surface area (Å²) in [7, 11) is 0. The normalized spacial score (nSPS) is 4.00. The van der Waals surface area contributed by atoms with Gasteiger partial charge in [-0.3, -0.25) is 0 Å². The fourth-order valence-corrected chi connectivity index (χ4v) is 0. The summed E-state index contributed by atoms with van der Waals surface area (Å²) in [6, 6.07) is 0. The SMILES string of the molecule is O=C(O)O.[H-].[H-].[K+].[Li+]. The minimum atomic E-state index is -1.83. The van der Waals surface area contributed by atoms with Crippen LogP contribution in [0.15, 0.2) is 0 Å². The van der Waals surface area contributed by atoms with Crippen LogP contribution in [0.25, 0.3) is 0 Å². The van der Waals surface area contributed by atoms with Crippen molar-refractivity contribution in [2.75, 3.05) is 0 Å². The quantitative estimate of drug-likeness (QED) is 0.306. The van der Waals surface area contributed by atoms with E-state index in [0.717, 1.165) is 0 Å². The Bertz CT molecular complexity index is 40.3. The molecule has 5 heteroatoms. The van der Waals surface area contributed by atoms with Crippen molar-refractivity contribution in [1.82, 2.24) is 0 Å². The molecule has 3 nitrogen and oxygen atoms in total. The van der Waals surface area contributed by atoms with Crippen LogP contribution in [-0.2, 0) is 0 Å². The van der Waals surface area contributed by atoms with Crippen molar-refractivity contribution < 1.29 is 88.1 Å². The Morgan fingerprint density at radius 1 is 1.50 bits per heavy atom. The van der Waals surface area contributed by atoms with E-state index in [-0.39, 0.29) is 73.1 Å². The summed E-state index contributed by atoms with van der Waals surface area (Å²) in [6.45, 7) is 0. The molecule has 0 aromatic rings. The molecule has 0 aliphatic heterocycles. The van der Waals surface area contributed by atoms with Crippen molar-refractivity contribution in [3.8, 4) is 0 Å². The van der Waals surface area contributed by atoms with E-state index in [2.05, 4.69) is 0 Å². The van der Waals surface area contributed by atoms with Gasteiger partial charge in [-0.1, -0.05) is 0 Å². The van der Waals surface area contributed by atoms with Crippen LogP contribution >= 0.6 is 0 Å². The Kier molecular flexibility index (Phi) is 25.3. The molecule has 0 aliphatic rings.